The van der Waals surface area contributed by atoms with Crippen LogP contribution in [-0.4, -0.2) is 55.2 Å². The Morgan fingerprint density at radius 2 is 2.00 bits per heavy atom. The molecule has 0 N–H and O–H groups in total. The van der Waals surface area contributed by atoms with Crippen molar-refractivity contribution >= 4 is 11.7 Å². The molecule has 0 aliphatic carbocycles. The van der Waals surface area contributed by atoms with Crippen LogP contribution in [0.2, 0.25) is 0 Å². The van der Waals surface area contributed by atoms with Gasteiger partial charge in [-0.25, -0.2) is 0 Å². The van der Waals surface area contributed by atoms with Gasteiger partial charge in [-0.3, -0.25) is 9.59 Å². The quantitative estimate of drug-likeness (QED) is 0.493. The Hall–Kier alpha value is -0.900. The number of piperidine rings is 1. The Bertz CT molecular complexity index is 239. The van der Waals surface area contributed by atoms with Crippen LogP contribution in [0.25, 0.3) is 0 Å². The number of carbonyl (C=O) groups excluding carboxylic acids is 2. The number of amides is 1. The van der Waals surface area contributed by atoms with Crippen LogP contribution in [0.5, 0.6) is 0 Å². The molecule has 0 radical (unpaired) electrons. The highest BCUT2D eigenvalue weighted by molar-refractivity contribution is 6.00. The average Bonchev–Trinajstić information content (AvgIpc) is 2.14. The second-order valence-electron chi connectivity index (χ2n) is 4.36. The van der Waals surface area contributed by atoms with Gasteiger partial charge >= 0.3 is 0 Å². The van der Waals surface area contributed by atoms with Crippen molar-refractivity contribution in [3.05, 3.63) is 0 Å². The standard InChI is InChI=1S/C11H20N2O2/c1-12(2)6-3-4-7-13-8-5-10(14)9-11(13)15/h3-9H2,1-2H3. The summed E-state index contributed by atoms with van der Waals surface area (Å²) in [6.45, 7) is 2.49. The Kier molecular flexibility index (Phi) is 4.75. The minimum Gasteiger partial charge on any atom is -0.342 e. The molecule has 0 atom stereocenters. The number of hydrogen-bond acceptors (Lipinski definition) is 3. The summed E-state index contributed by atoms with van der Waals surface area (Å²) in [4.78, 5) is 26.4. The van der Waals surface area contributed by atoms with Crippen LogP contribution in [0.4, 0.5) is 0 Å². The molecular weight excluding hydrogens is 192 g/mol. The summed E-state index contributed by atoms with van der Waals surface area (Å²) in [7, 11) is 4.09. The predicted molar refractivity (Wildman–Crippen MR) is 58.6 cm³/mol. The van der Waals surface area contributed by atoms with Crippen molar-refractivity contribution in [3.8, 4) is 0 Å². The molecule has 1 aliphatic rings. The first kappa shape index (κ1) is 12.2. The van der Waals surface area contributed by atoms with Crippen molar-refractivity contribution in [3.63, 3.8) is 0 Å². The molecule has 0 bridgehead atoms. The molecule has 86 valence electrons. The number of Topliss-reactive ketones (excluding diaryl/α,β-unsaturated/α-hetero) is 1. The zero-order chi connectivity index (χ0) is 11.3. The molecule has 4 heteroatoms. The van der Waals surface area contributed by atoms with Gasteiger partial charge in [0.2, 0.25) is 5.91 Å². The van der Waals surface area contributed by atoms with E-state index in [-0.39, 0.29) is 18.1 Å². The summed E-state index contributed by atoms with van der Waals surface area (Å²) in [6.07, 6.45) is 2.79. The van der Waals surface area contributed by atoms with Crippen molar-refractivity contribution in [2.75, 3.05) is 33.7 Å². The normalized spacial score (nSPS) is 17.7. The third kappa shape index (κ3) is 4.42. The summed E-state index contributed by atoms with van der Waals surface area (Å²) in [5, 5.41) is 0. The first-order valence-corrected chi connectivity index (χ1v) is 5.54. The maximum Gasteiger partial charge on any atom is 0.230 e. The maximum absolute atomic E-state index is 11.4. The number of unbranched alkanes of at least 4 members (excludes halogenated alkanes) is 1. The number of likely N-dealkylation sites (tertiary alicyclic amines) is 1. The van der Waals surface area contributed by atoms with Crippen molar-refractivity contribution < 1.29 is 9.59 Å². The molecule has 1 heterocycles. The lowest BCUT2D eigenvalue weighted by Gasteiger charge is -2.26. The molecule has 0 unspecified atom stereocenters. The molecule has 0 spiro atoms. The number of hydrogen-bond donors (Lipinski definition) is 0. The number of rotatable bonds is 5. The van der Waals surface area contributed by atoms with Gasteiger partial charge < -0.3 is 9.80 Å². The van der Waals surface area contributed by atoms with Crippen LogP contribution in [-0.2, 0) is 9.59 Å². The SMILES string of the molecule is CN(C)CCCCN1CCC(=O)CC1=O. The van der Waals surface area contributed by atoms with Gasteiger partial charge in [0.25, 0.3) is 0 Å². The highest BCUT2D eigenvalue weighted by Crippen LogP contribution is 2.08. The fourth-order valence-electron chi connectivity index (χ4n) is 1.72. The van der Waals surface area contributed by atoms with E-state index in [0.717, 1.165) is 25.9 Å². The number of ketones is 1. The minimum atomic E-state index is 0.0103. The van der Waals surface area contributed by atoms with E-state index in [1.807, 2.05) is 19.0 Å². The van der Waals surface area contributed by atoms with Crippen molar-refractivity contribution in [1.29, 1.82) is 0 Å². The maximum atomic E-state index is 11.4. The Labute approximate surface area is 91.2 Å². The third-order valence-electron chi connectivity index (χ3n) is 2.65. The van der Waals surface area contributed by atoms with Gasteiger partial charge in [-0.05, 0) is 33.5 Å². The Morgan fingerprint density at radius 1 is 1.27 bits per heavy atom. The molecule has 4 nitrogen and oxygen atoms in total. The molecular formula is C11H20N2O2. The second-order valence-corrected chi connectivity index (χ2v) is 4.36. The van der Waals surface area contributed by atoms with Gasteiger partial charge in [0.05, 0.1) is 6.42 Å². The number of nitrogens with zero attached hydrogens (tertiary/aromatic N) is 2. The Morgan fingerprint density at radius 3 is 2.60 bits per heavy atom. The monoisotopic (exact) mass is 212 g/mol. The van der Waals surface area contributed by atoms with Gasteiger partial charge in [-0.2, -0.15) is 0 Å². The first-order valence-electron chi connectivity index (χ1n) is 5.54. The summed E-state index contributed by atoms with van der Waals surface area (Å²) >= 11 is 0. The average molecular weight is 212 g/mol. The fourth-order valence-corrected chi connectivity index (χ4v) is 1.72. The molecule has 1 fully saturated rings. The molecule has 0 aromatic heterocycles. The molecule has 0 aromatic carbocycles. The van der Waals surface area contributed by atoms with Crippen molar-refractivity contribution in [2.45, 2.75) is 25.7 Å². The van der Waals surface area contributed by atoms with Crippen molar-refractivity contribution in [2.24, 2.45) is 0 Å². The lowest BCUT2D eigenvalue weighted by Crippen LogP contribution is -2.39. The minimum absolute atomic E-state index is 0.0103. The molecule has 0 saturated carbocycles. The topological polar surface area (TPSA) is 40.6 Å². The van der Waals surface area contributed by atoms with E-state index in [0.29, 0.717) is 13.0 Å². The van der Waals surface area contributed by atoms with E-state index in [2.05, 4.69) is 4.90 Å². The lowest BCUT2D eigenvalue weighted by atomic mass is 10.1. The van der Waals surface area contributed by atoms with E-state index in [1.165, 1.54) is 0 Å². The van der Waals surface area contributed by atoms with E-state index >= 15 is 0 Å². The van der Waals surface area contributed by atoms with Crippen LogP contribution in [0, 0.1) is 0 Å². The largest absolute Gasteiger partial charge is 0.342 e. The highest BCUT2D eigenvalue weighted by Gasteiger charge is 2.22. The third-order valence-corrected chi connectivity index (χ3v) is 2.65. The van der Waals surface area contributed by atoms with Gasteiger partial charge in [0, 0.05) is 19.5 Å². The van der Waals surface area contributed by atoms with Crippen LogP contribution in [0.1, 0.15) is 25.7 Å². The predicted octanol–water partition coefficient (Wildman–Crippen LogP) is 0.520. The molecule has 1 saturated heterocycles. The molecule has 15 heavy (non-hydrogen) atoms. The number of carbonyl (C=O) groups is 2. The summed E-state index contributed by atoms with van der Waals surface area (Å²) in [5.74, 6) is 0.0978. The zero-order valence-corrected chi connectivity index (χ0v) is 9.66. The molecule has 1 rings (SSSR count). The molecule has 1 amide bonds. The first-order chi connectivity index (χ1) is 7.09. The van der Waals surface area contributed by atoms with Gasteiger partial charge in [0.15, 0.2) is 0 Å². The van der Waals surface area contributed by atoms with E-state index in [9.17, 15) is 9.59 Å². The van der Waals surface area contributed by atoms with Crippen molar-refractivity contribution in [1.82, 2.24) is 9.80 Å². The summed E-state index contributed by atoms with van der Waals surface area (Å²) in [6, 6.07) is 0. The highest BCUT2D eigenvalue weighted by atomic mass is 16.2. The van der Waals surface area contributed by atoms with E-state index < -0.39 is 0 Å². The second kappa shape index (κ2) is 5.85. The zero-order valence-electron chi connectivity index (χ0n) is 9.66. The summed E-state index contributed by atoms with van der Waals surface area (Å²) in [5.41, 5.74) is 0. The summed E-state index contributed by atoms with van der Waals surface area (Å²) < 4.78 is 0. The lowest BCUT2D eigenvalue weighted by molar-refractivity contribution is -0.139. The molecule has 1 aliphatic heterocycles. The van der Waals surface area contributed by atoms with E-state index in [4.69, 9.17) is 0 Å². The van der Waals surface area contributed by atoms with Gasteiger partial charge in [0.1, 0.15) is 5.78 Å². The van der Waals surface area contributed by atoms with Crippen LogP contribution >= 0.6 is 0 Å². The van der Waals surface area contributed by atoms with Crippen LogP contribution < -0.4 is 0 Å². The van der Waals surface area contributed by atoms with Gasteiger partial charge in [-0.15, -0.1) is 0 Å². The smallest absolute Gasteiger partial charge is 0.230 e. The van der Waals surface area contributed by atoms with Crippen LogP contribution in [0.3, 0.4) is 0 Å². The molecule has 0 aromatic rings. The Balaban J connectivity index is 2.16. The van der Waals surface area contributed by atoms with E-state index in [1.54, 1.807) is 0 Å². The fraction of sp³-hybridized carbons (Fsp3) is 0.818. The van der Waals surface area contributed by atoms with Crippen LogP contribution in [0.15, 0.2) is 0 Å². The van der Waals surface area contributed by atoms with Gasteiger partial charge in [-0.1, -0.05) is 0 Å².